The maximum Gasteiger partial charge on any atom is 0.227 e. The number of hydrogen-bond donors (Lipinski definition) is 1. The van der Waals surface area contributed by atoms with Gasteiger partial charge in [0, 0.05) is 32.4 Å². The maximum absolute atomic E-state index is 5.66. The number of para-hydroxylation sites is 2. The van der Waals surface area contributed by atoms with Crippen LogP contribution in [0.3, 0.4) is 0 Å². The summed E-state index contributed by atoms with van der Waals surface area (Å²) >= 11 is 0. The number of piperazine rings is 1. The molecule has 0 saturated carbocycles. The van der Waals surface area contributed by atoms with E-state index in [2.05, 4.69) is 32.0 Å². The Hall–Kier alpha value is -2.34. The summed E-state index contributed by atoms with van der Waals surface area (Å²) in [5.41, 5.74) is 0.916. The van der Waals surface area contributed by atoms with E-state index in [1.165, 1.54) is 0 Å². The first-order valence-electron chi connectivity index (χ1n) is 8.59. The summed E-state index contributed by atoms with van der Waals surface area (Å²) in [4.78, 5) is 13.8. The van der Waals surface area contributed by atoms with E-state index in [4.69, 9.17) is 4.74 Å². The second kappa shape index (κ2) is 7.97. The molecule has 1 saturated heterocycles. The molecular formula is C18H25N5O. The van der Waals surface area contributed by atoms with Gasteiger partial charge < -0.3 is 19.9 Å². The third-order valence-electron chi connectivity index (χ3n) is 4.19. The molecule has 2 heterocycles. The molecule has 1 aromatic heterocycles. The first-order chi connectivity index (χ1) is 11.8. The van der Waals surface area contributed by atoms with Crippen LogP contribution in [0.25, 0.3) is 0 Å². The summed E-state index contributed by atoms with van der Waals surface area (Å²) in [5, 5.41) is 3.34. The summed E-state index contributed by atoms with van der Waals surface area (Å²) in [6, 6.07) is 9.78. The second-order valence-electron chi connectivity index (χ2n) is 5.72. The highest BCUT2D eigenvalue weighted by Gasteiger charge is 2.18. The number of ether oxygens (including phenoxy) is 1. The van der Waals surface area contributed by atoms with Gasteiger partial charge in [-0.2, -0.15) is 4.98 Å². The molecule has 1 aliphatic rings. The van der Waals surface area contributed by atoms with Gasteiger partial charge in [0.2, 0.25) is 5.95 Å². The van der Waals surface area contributed by atoms with Crippen molar-refractivity contribution in [1.29, 1.82) is 0 Å². The normalized spacial score (nSPS) is 15.3. The van der Waals surface area contributed by atoms with Crippen molar-refractivity contribution in [3.05, 3.63) is 36.5 Å². The van der Waals surface area contributed by atoms with E-state index in [0.717, 1.165) is 55.9 Å². The Labute approximate surface area is 143 Å². The van der Waals surface area contributed by atoms with Crippen molar-refractivity contribution in [3.8, 4) is 5.75 Å². The number of hydrogen-bond acceptors (Lipinski definition) is 6. The third-order valence-corrected chi connectivity index (χ3v) is 4.19. The Kier molecular flexibility index (Phi) is 5.48. The molecule has 1 aliphatic heterocycles. The molecule has 1 aromatic carbocycles. The van der Waals surface area contributed by atoms with E-state index in [1.807, 2.05) is 37.3 Å². The quantitative estimate of drug-likeness (QED) is 0.880. The number of nitrogens with one attached hydrogen (secondary N) is 1. The molecule has 0 unspecified atom stereocenters. The molecule has 1 N–H and O–H groups in total. The zero-order valence-corrected chi connectivity index (χ0v) is 14.4. The molecule has 6 nitrogen and oxygen atoms in total. The van der Waals surface area contributed by atoms with E-state index in [-0.39, 0.29) is 0 Å². The van der Waals surface area contributed by atoms with Gasteiger partial charge in [0.1, 0.15) is 11.6 Å². The minimum absolute atomic E-state index is 0.634. The van der Waals surface area contributed by atoms with Crippen molar-refractivity contribution in [2.75, 3.05) is 49.5 Å². The lowest BCUT2D eigenvalue weighted by Crippen LogP contribution is -2.46. The fraction of sp³-hybridized carbons (Fsp3) is 0.444. The van der Waals surface area contributed by atoms with Gasteiger partial charge in [-0.15, -0.1) is 0 Å². The number of likely N-dealkylation sites (N-methyl/N-ethyl adjacent to an activating group) is 1. The molecule has 1 fully saturated rings. The summed E-state index contributed by atoms with van der Waals surface area (Å²) in [6.45, 7) is 9.97. The Balaban J connectivity index is 1.72. The van der Waals surface area contributed by atoms with E-state index in [9.17, 15) is 0 Å². The van der Waals surface area contributed by atoms with E-state index >= 15 is 0 Å². The smallest absolute Gasteiger partial charge is 0.227 e. The predicted octanol–water partition coefficient (Wildman–Crippen LogP) is 2.76. The molecule has 0 aliphatic carbocycles. The van der Waals surface area contributed by atoms with Gasteiger partial charge in [-0.1, -0.05) is 19.1 Å². The van der Waals surface area contributed by atoms with Crippen molar-refractivity contribution >= 4 is 17.5 Å². The van der Waals surface area contributed by atoms with Gasteiger partial charge in [0.05, 0.1) is 12.3 Å². The lowest BCUT2D eigenvalue weighted by Gasteiger charge is -2.34. The number of benzene rings is 1. The van der Waals surface area contributed by atoms with Crippen molar-refractivity contribution in [3.63, 3.8) is 0 Å². The van der Waals surface area contributed by atoms with Gasteiger partial charge in [-0.05, 0) is 31.7 Å². The van der Waals surface area contributed by atoms with Gasteiger partial charge in [-0.3, -0.25) is 0 Å². The van der Waals surface area contributed by atoms with Crippen molar-refractivity contribution in [1.82, 2.24) is 14.9 Å². The van der Waals surface area contributed by atoms with Crippen LogP contribution in [0.15, 0.2) is 36.5 Å². The van der Waals surface area contributed by atoms with Crippen LogP contribution in [0.4, 0.5) is 17.5 Å². The summed E-state index contributed by atoms with van der Waals surface area (Å²) in [7, 11) is 0. The minimum Gasteiger partial charge on any atom is -0.492 e. The van der Waals surface area contributed by atoms with Crippen LogP contribution < -0.4 is 15.0 Å². The Morgan fingerprint density at radius 3 is 2.62 bits per heavy atom. The highest BCUT2D eigenvalue weighted by atomic mass is 16.5. The van der Waals surface area contributed by atoms with E-state index < -0.39 is 0 Å². The second-order valence-corrected chi connectivity index (χ2v) is 5.72. The van der Waals surface area contributed by atoms with Gasteiger partial charge in [0.15, 0.2) is 0 Å². The highest BCUT2D eigenvalue weighted by Crippen LogP contribution is 2.27. The molecule has 0 spiro atoms. The molecule has 128 valence electrons. The van der Waals surface area contributed by atoms with E-state index in [1.54, 1.807) is 6.20 Å². The lowest BCUT2D eigenvalue weighted by molar-refractivity contribution is 0.270. The fourth-order valence-corrected chi connectivity index (χ4v) is 2.82. The minimum atomic E-state index is 0.634. The molecular weight excluding hydrogens is 302 g/mol. The number of anilines is 3. The SMILES string of the molecule is CCOc1ccccc1Nc1ccnc(N2CCN(CC)CC2)n1. The highest BCUT2D eigenvalue weighted by molar-refractivity contribution is 5.64. The average molecular weight is 327 g/mol. The monoisotopic (exact) mass is 327 g/mol. The van der Waals surface area contributed by atoms with Crippen LogP contribution in [0, 0.1) is 0 Å². The average Bonchev–Trinajstić information content (AvgIpc) is 2.64. The van der Waals surface area contributed by atoms with Crippen molar-refractivity contribution < 1.29 is 4.74 Å². The molecule has 0 bridgehead atoms. The third kappa shape index (κ3) is 3.94. The first kappa shape index (κ1) is 16.5. The zero-order chi connectivity index (χ0) is 16.8. The maximum atomic E-state index is 5.66. The molecule has 0 amide bonds. The van der Waals surface area contributed by atoms with Crippen LogP contribution >= 0.6 is 0 Å². The molecule has 3 rings (SSSR count). The van der Waals surface area contributed by atoms with Crippen LogP contribution in [0.2, 0.25) is 0 Å². The fourth-order valence-electron chi connectivity index (χ4n) is 2.82. The Morgan fingerprint density at radius 1 is 1.08 bits per heavy atom. The van der Waals surface area contributed by atoms with Crippen molar-refractivity contribution in [2.24, 2.45) is 0 Å². The molecule has 2 aromatic rings. The summed E-state index contributed by atoms with van der Waals surface area (Å²) in [6.07, 6.45) is 1.81. The number of rotatable bonds is 6. The molecule has 24 heavy (non-hydrogen) atoms. The van der Waals surface area contributed by atoms with Crippen LogP contribution in [-0.2, 0) is 0 Å². The number of nitrogens with zero attached hydrogens (tertiary/aromatic N) is 4. The van der Waals surface area contributed by atoms with Crippen molar-refractivity contribution in [2.45, 2.75) is 13.8 Å². The largest absolute Gasteiger partial charge is 0.492 e. The lowest BCUT2D eigenvalue weighted by atomic mass is 10.3. The van der Waals surface area contributed by atoms with E-state index in [0.29, 0.717) is 6.61 Å². The van der Waals surface area contributed by atoms with Crippen LogP contribution in [0.1, 0.15) is 13.8 Å². The van der Waals surface area contributed by atoms with Gasteiger partial charge in [0.25, 0.3) is 0 Å². The molecule has 6 heteroatoms. The summed E-state index contributed by atoms with van der Waals surface area (Å²) < 4.78 is 5.66. The topological polar surface area (TPSA) is 53.5 Å². The predicted molar refractivity (Wildman–Crippen MR) is 97.3 cm³/mol. The van der Waals surface area contributed by atoms with Crippen LogP contribution in [0.5, 0.6) is 5.75 Å². The molecule has 0 radical (unpaired) electrons. The summed E-state index contributed by atoms with van der Waals surface area (Å²) in [5.74, 6) is 2.39. The Morgan fingerprint density at radius 2 is 1.88 bits per heavy atom. The number of aromatic nitrogens is 2. The van der Waals surface area contributed by atoms with Gasteiger partial charge >= 0.3 is 0 Å². The van der Waals surface area contributed by atoms with Crippen LogP contribution in [-0.4, -0.2) is 54.2 Å². The first-order valence-corrected chi connectivity index (χ1v) is 8.59. The standard InChI is InChI=1S/C18H25N5O/c1-3-22-11-13-23(14-12-22)18-19-10-9-17(21-18)20-15-7-5-6-8-16(15)24-4-2/h5-10H,3-4,11-14H2,1-2H3,(H,19,20,21). The zero-order valence-electron chi connectivity index (χ0n) is 14.4. The molecule has 0 atom stereocenters. The van der Waals surface area contributed by atoms with Gasteiger partial charge in [-0.25, -0.2) is 4.98 Å². The Bertz CT molecular complexity index is 655.